The Bertz CT molecular complexity index is 1170. The van der Waals surface area contributed by atoms with Gasteiger partial charge in [0.1, 0.15) is 0 Å². The van der Waals surface area contributed by atoms with Crippen molar-refractivity contribution in [2.75, 3.05) is 43.6 Å². The zero-order chi connectivity index (χ0) is 20.6. The van der Waals surface area contributed by atoms with E-state index in [0.29, 0.717) is 31.1 Å². The number of piperazine rings is 1. The highest BCUT2D eigenvalue weighted by atomic mass is 32.2. The van der Waals surface area contributed by atoms with Gasteiger partial charge >= 0.3 is 0 Å². The molecule has 9 heteroatoms. The van der Waals surface area contributed by atoms with Crippen LogP contribution in [0, 0.1) is 0 Å². The van der Waals surface area contributed by atoms with E-state index < -0.39 is 9.84 Å². The molecule has 0 unspecified atom stereocenters. The summed E-state index contributed by atoms with van der Waals surface area (Å²) < 4.78 is 24.4. The summed E-state index contributed by atoms with van der Waals surface area (Å²) in [5.41, 5.74) is 1.52. The zero-order valence-electron chi connectivity index (χ0n) is 16.2. The number of hydrogen-bond donors (Lipinski definition) is 0. The van der Waals surface area contributed by atoms with Gasteiger partial charge in [0.15, 0.2) is 15.0 Å². The topological polar surface area (TPSA) is 70.6 Å². The molecule has 0 spiro atoms. The van der Waals surface area contributed by atoms with E-state index in [2.05, 4.69) is 9.88 Å². The van der Waals surface area contributed by atoms with Crippen molar-refractivity contribution in [3.8, 4) is 0 Å². The lowest BCUT2D eigenvalue weighted by Gasteiger charge is -2.34. The van der Waals surface area contributed by atoms with Crippen LogP contribution in [0.25, 0.3) is 10.2 Å². The van der Waals surface area contributed by atoms with Crippen LogP contribution in [0.4, 0.5) is 5.13 Å². The van der Waals surface area contributed by atoms with Gasteiger partial charge in [0.05, 0.1) is 15.1 Å². The highest BCUT2D eigenvalue weighted by Crippen LogP contribution is 2.31. The summed E-state index contributed by atoms with van der Waals surface area (Å²) in [5.74, 6) is 0.0580. The number of rotatable bonds is 4. The van der Waals surface area contributed by atoms with E-state index in [9.17, 15) is 13.2 Å². The lowest BCUT2D eigenvalue weighted by atomic mass is 10.2. The fourth-order valence-electron chi connectivity index (χ4n) is 3.30. The van der Waals surface area contributed by atoms with Gasteiger partial charge < -0.3 is 9.80 Å². The lowest BCUT2D eigenvalue weighted by molar-refractivity contribution is 0.0746. The predicted octanol–water partition coefficient (Wildman–Crippen LogP) is 3.38. The fourth-order valence-corrected chi connectivity index (χ4v) is 5.54. The quantitative estimate of drug-likeness (QED) is 0.571. The van der Waals surface area contributed by atoms with Crippen molar-refractivity contribution in [1.29, 1.82) is 0 Å². The molecule has 1 aromatic heterocycles. The number of carbonyl (C=O) groups excluding carboxylic acids is 1. The average Bonchev–Trinajstić information content (AvgIpc) is 3.16. The Morgan fingerprint density at radius 1 is 1.10 bits per heavy atom. The highest BCUT2D eigenvalue weighted by Gasteiger charge is 2.24. The van der Waals surface area contributed by atoms with E-state index in [-0.39, 0.29) is 5.91 Å². The summed E-state index contributed by atoms with van der Waals surface area (Å²) in [7, 11) is -3.24. The van der Waals surface area contributed by atoms with Gasteiger partial charge in [0.2, 0.25) is 0 Å². The largest absolute Gasteiger partial charge is 0.345 e. The summed E-state index contributed by atoms with van der Waals surface area (Å²) >= 11 is 3.11. The van der Waals surface area contributed by atoms with Crippen LogP contribution in [0.5, 0.6) is 0 Å². The Labute approximate surface area is 178 Å². The molecule has 0 atom stereocenters. The molecule has 1 saturated heterocycles. The molecule has 1 aliphatic heterocycles. The smallest absolute Gasteiger partial charge is 0.254 e. The molecule has 152 valence electrons. The van der Waals surface area contributed by atoms with Crippen LogP contribution < -0.4 is 4.90 Å². The van der Waals surface area contributed by atoms with Gasteiger partial charge in [-0.3, -0.25) is 4.79 Å². The number of sulfone groups is 1. The van der Waals surface area contributed by atoms with Gasteiger partial charge in [-0.05, 0) is 42.7 Å². The molecule has 0 saturated carbocycles. The molecule has 3 aromatic rings. The Balaban J connectivity index is 1.47. The molecule has 0 radical (unpaired) electrons. The van der Waals surface area contributed by atoms with Crippen molar-refractivity contribution >= 4 is 54.2 Å². The molecule has 2 heterocycles. The fraction of sp³-hybridized carbons (Fsp3) is 0.300. The third-order valence-electron chi connectivity index (χ3n) is 4.93. The second-order valence-electron chi connectivity index (χ2n) is 6.91. The number of anilines is 1. The maximum absolute atomic E-state index is 12.8. The average molecular weight is 448 g/mol. The van der Waals surface area contributed by atoms with Crippen molar-refractivity contribution in [3.05, 3.63) is 48.0 Å². The van der Waals surface area contributed by atoms with Crippen molar-refractivity contribution in [2.24, 2.45) is 0 Å². The molecule has 4 rings (SSSR count). The first-order valence-corrected chi connectivity index (χ1v) is 13.1. The van der Waals surface area contributed by atoms with E-state index in [0.717, 1.165) is 25.8 Å². The number of thiazole rings is 1. The van der Waals surface area contributed by atoms with Gasteiger partial charge in [0.25, 0.3) is 5.91 Å². The minimum absolute atomic E-state index is 0.0580. The van der Waals surface area contributed by atoms with Gasteiger partial charge in [-0.15, -0.1) is 11.8 Å². The van der Waals surface area contributed by atoms with Gasteiger partial charge in [-0.2, -0.15) is 0 Å². The molecule has 1 amide bonds. The Morgan fingerprint density at radius 2 is 1.86 bits per heavy atom. The lowest BCUT2D eigenvalue weighted by Crippen LogP contribution is -2.48. The van der Waals surface area contributed by atoms with E-state index in [4.69, 9.17) is 0 Å². The maximum atomic E-state index is 12.8. The summed E-state index contributed by atoms with van der Waals surface area (Å²) in [6.45, 7) is 2.67. The van der Waals surface area contributed by atoms with Crippen LogP contribution in [0.15, 0.2) is 52.3 Å². The highest BCUT2D eigenvalue weighted by molar-refractivity contribution is 7.98. The third kappa shape index (κ3) is 4.26. The molecule has 0 aliphatic carbocycles. The first-order chi connectivity index (χ1) is 13.8. The second kappa shape index (κ2) is 7.97. The van der Waals surface area contributed by atoms with Crippen LogP contribution in [0.3, 0.4) is 0 Å². The van der Waals surface area contributed by atoms with Crippen molar-refractivity contribution in [3.63, 3.8) is 0 Å². The molecule has 0 bridgehead atoms. The maximum Gasteiger partial charge on any atom is 0.254 e. The standard InChI is InChI=1S/C20H21N3O3S3/c1-27-15-5-3-4-14(12-15)19(24)22-8-10-23(11-9-22)20-21-17-7-6-16(29(2,25)26)13-18(17)28-20/h3-7,12-13H,8-11H2,1-2H3. The second-order valence-corrected chi connectivity index (χ2v) is 10.8. The number of benzene rings is 2. The molecule has 29 heavy (non-hydrogen) atoms. The van der Waals surface area contributed by atoms with Crippen molar-refractivity contribution in [1.82, 2.24) is 9.88 Å². The first-order valence-electron chi connectivity index (χ1n) is 9.14. The van der Waals surface area contributed by atoms with E-state index in [1.165, 1.54) is 17.6 Å². The van der Waals surface area contributed by atoms with Crippen LogP contribution in [-0.2, 0) is 9.84 Å². The summed E-state index contributed by atoms with van der Waals surface area (Å²) in [6, 6.07) is 12.8. The number of aromatic nitrogens is 1. The van der Waals surface area contributed by atoms with Crippen LogP contribution >= 0.6 is 23.1 Å². The van der Waals surface area contributed by atoms with Gasteiger partial charge in [-0.25, -0.2) is 13.4 Å². The Hall–Kier alpha value is -2.10. The minimum Gasteiger partial charge on any atom is -0.345 e. The van der Waals surface area contributed by atoms with E-state index in [1.54, 1.807) is 30.0 Å². The number of carbonyl (C=O) groups is 1. The summed E-state index contributed by atoms with van der Waals surface area (Å²) in [5, 5.41) is 0.863. The Kier molecular flexibility index (Phi) is 5.54. The monoisotopic (exact) mass is 447 g/mol. The van der Waals surface area contributed by atoms with E-state index in [1.807, 2.05) is 35.4 Å². The summed E-state index contributed by atoms with van der Waals surface area (Å²) in [4.78, 5) is 22.9. The molecule has 1 fully saturated rings. The SMILES string of the molecule is CSc1cccc(C(=O)N2CCN(c3nc4ccc(S(C)(=O)=O)cc4s3)CC2)c1. The minimum atomic E-state index is -3.24. The third-order valence-corrected chi connectivity index (χ3v) is 7.85. The molecular weight excluding hydrogens is 426 g/mol. The Morgan fingerprint density at radius 3 is 2.55 bits per heavy atom. The number of fused-ring (bicyclic) bond motifs is 1. The normalized spacial score (nSPS) is 15.1. The molecule has 1 aliphatic rings. The van der Waals surface area contributed by atoms with Crippen LogP contribution in [-0.4, -0.2) is 62.9 Å². The van der Waals surface area contributed by atoms with E-state index >= 15 is 0 Å². The predicted molar refractivity (Wildman–Crippen MR) is 119 cm³/mol. The summed E-state index contributed by atoms with van der Waals surface area (Å²) in [6.07, 6.45) is 3.21. The molecular formula is C20H21N3O3S3. The van der Waals surface area contributed by atoms with Crippen LogP contribution in [0.1, 0.15) is 10.4 Å². The van der Waals surface area contributed by atoms with Gasteiger partial charge in [-0.1, -0.05) is 17.4 Å². The van der Waals surface area contributed by atoms with Crippen LogP contribution in [0.2, 0.25) is 0 Å². The van der Waals surface area contributed by atoms with Gasteiger partial charge in [0, 0.05) is 42.9 Å². The number of hydrogen-bond acceptors (Lipinski definition) is 7. The number of thioether (sulfide) groups is 1. The molecule has 0 N–H and O–H groups in total. The van der Waals surface area contributed by atoms with Crippen molar-refractivity contribution in [2.45, 2.75) is 9.79 Å². The number of nitrogens with zero attached hydrogens (tertiary/aromatic N) is 3. The molecule has 6 nitrogen and oxygen atoms in total. The van der Waals surface area contributed by atoms with Crippen molar-refractivity contribution < 1.29 is 13.2 Å². The molecule has 2 aromatic carbocycles. The zero-order valence-corrected chi connectivity index (χ0v) is 18.6. The first kappa shape index (κ1) is 20.2. The number of amides is 1.